The lowest BCUT2D eigenvalue weighted by molar-refractivity contribution is -0.186. The minimum Gasteiger partial charge on any atom is -0.343 e. The second-order valence-corrected chi connectivity index (χ2v) is 6.20. The van der Waals surface area contributed by atoms with Gasteiger partial charge in [0.2, 0.25) is 11.8 Å². The summed E-state index contributed by atoms with van der Waals surface area (Å²) in [4.78, 5) is 26.7. The van der Waals surface area contributed by atoms with Crippen LogP contribution in [0.5, 0.6) is 0 Å². The van der Waals surface area contributed by atoms with E-state index in [0.717, 1.165) is 0 Å². The summed E-state index contributed by atoms with van der Waals surface area (Å²) >= 11 is 0. The maximum Gasteiger partial charge on any atom is 0.394 e. The van der Waals surface area contributed by atoms with Crippen LogP contribution in [0.1, 0.15) is 27.7 Å². The van der Waals surface area contributed by atoms with E-state index in [-0.39, 0.29) is 24.4 Å². The molecule has 0 aliphatic carbocycles. The van der Waals surface area contributed by atoms with Gasteiger partial charge >= 0.3 is 6.18 Å². The van der Waals surface area contributed by atoms with Gasteiger partial charge < -0.3 is 9.80 Å². The van der Waals surface area contributed by atoms with E-state index in [1.54, 1.807) is 27.7 Å². The number of halogens is 3. The third kappa shape index (κ3) is 3.89. The van der Waals surface area contributed by atoms with Gasteiger partial charge in [-0.2, -0.15) is 13.2 Å². The van der Waals surface area contributed by atoms with Gasteiger partial charge in [-0.25, -0.2) is 0 Å². The number of carbonyl (C=O) groups is 2. The largest absolute Gasteiger partial charge is 0.394 e. The van der Waals surface area contributed by atoms with E-state index in [2.05, 4.69) is 0 Å². The van der Waals surface area contributed by atoms with Gasteiger partial charge in [0.15, 0.2) is 0 Å². The Morgan fingerprint density at radius 1 is 1.14 bits per heavy atom. The van der Waals surface area contributed by atoms with Crippen LogP contribution in [0.25, 0.3) is 0 Å². The lowest BCUT2D eigenvalue weighted by Gasteiger charge is -2.28. The van der Waals surface area contributed by atoms with Crippen molar-refractivity contribution in [3.63, 3.8) is 0 Å². The summed E-state index contributed by atoms with van der Waals surface area (Å²) in [5.74, 6) is -4.26. The van der Waals surface area contributed by atoms with E-state index >= 15 is 0 Å². The van der Waals surface area contributed by atoms with E-state index in [4.69, 9.17) is 0 Å². The molecule has 0 saturated carbocycles. The maximum atomic E-state index is 13.2. The number of rotatable bonds is 3. The molecule has 0 spiro atoms. The molecule has 7 heteroatoms. The van der Waals surface area contributed by atoms with Crippen LogP contribution in [0, 0.1) is 17.8 Å². The van der Waals surface area contributed by atoms with Crippen LogP contribution < -0.4 is 0 Å². The number of nitrogens with zero attached hydrogens (tertiary/aromatic N) is 2. The zero-order valence-corrected chi connectivity index (χ0v) is 13.1. The van der Waals surface area contributed by atoms with Crippen molar-refractivity contribution in [2.45, 2.75) is 39.9 Å². The average Bonchev–Trinajstić information content (AvgIpc) is 2.80. The van der Waals surface area contributed by atoms with Crippen LogP contribution in [-0.2, 0) is 9.59 Å². The lowest BCUT2D eigenvalue weighted by atomic mass is 9.94. The SMILES string of the molecule is CC(C)C(=O)N1CC(C(=O)N(C)C(C)C)C(C(F)(F)F)C1. The first-order valence-corrected chi connectivity index (χ1v) is 7.09. The van der Waals surface area contributed by atoms with Gasteiger partial charge in [-0.3, -0.25) is 9.59 Å². The molecular formula is C14H23F3N2O2. The molecule has 4 nitrogen and oxygen atoms in total. The van der Waals surface area contributed by atoms with E-state index in [0.29, 0.717) is 0 Å². The second-order valence-electron chi connectivity index (χ2n) is 6.20. The first-order chi connectivity index (χ1) is 9.46. The van der Waals surface area contributed by atoms with Crippen LogP contribution in [0.2, 0.25) is 0 Å². The van der Waals surface area contributed by atoms with Gasteiger partial charge in [0.1, 0.15) is 0 Å². The number of amides is 2. The predicted octanol–water partition coefficient (Wildman–Crippen LogP) is 2.15. The van der Waals surface area contributed by atoms with Crippen molar-refractivity contribution in [1.82, 2.24) is 9.80 Å². The van der Waals surface area contributed by atoms with Crippen molar-refractivity contribution in [3.05, 3.63) is 0 Å². The Balaban J connectivity index is 2.99. The number of alkyl halides is 3. The summed E-state index contributed by atoms with van der Waals surface area (Å²) in [7, 11) is 1.49. The minimum atomic E-state index is -4.48. The Kier molecular flexibility index (Phi) is 5.28. The van der Waals surface area contributed by atoms with Crippen LogP contribution in [0.15, 0.2) is 0 Å². The summed E-state index contributed by atoms with van der Waals surface area (Å²) in [6.07, 6.45) is -4.48. The molecule has 1 heterocycles. The van der Waals surface area contributed by atoms with Crippen LogP contribution in [0.4, 0.5) is 13.2 Å². The van der Waals surface area contributed by atoms with Crippen LogP contribution in [-0.4, -0.2) is 54.0 Å². The highest BCUT2D eigenvalue weighted by Gasteiger charge is 2.54. The van der Waals surface area contributed by atoms with E-state index in [1.807, 2.05) is 0 Å². The van der Waals surface area contributed by atoms with Gasteiger partial charge in [0.05, 0.1) is 11.8 Å². The molecule has 0 N–H and O–H groups in total. The zero-order chi connectivity index (χ0) is 16.5. The Hall–Kier alpha value is -1.27. The van der Waals surface area contributed by atoms with E-state index < -0.39 is 30.5 Å². The molecule has 2 amide bonds. The Morgan fingerprint density at radius 3 is 2.05 bits per heavy atom. The molecule has 0 aromatic rings. The van der Waals surface area contributed by atoms with Crippen molar-refractivity contribution in [2.75, 3.05) is 20.1 Å². The molecule has 2 atom stereocenters. The highest BCUT2D eigenvalue weighted by Crippen LogP contribution is 2.38. The number of hydrogen-bond donors (Lipinski definition) is 0. The van der Waals surface area contributed by atoms with Crippen molar-refractivity contribution in [1.29, 1.82) is 0 Å². The van der Waals surface area contributed by atoms with Crippen molar-refractivity contribution in [3.8, 4) is 0 Å². The van der Waals surface area contributed by atoms with Gasteiger partial charge in [0.25, 0.3) is 0 Å². The normalized spacial score (nSPS) is 23.0. The molecule has 1 fully saturated rings. The highest BCUT2D eigenvalue weighted by molar-refractivity contribution is 5.83. The summed E-state index contributed by atoms with van der Waals surface area (Å²) < 4.78 is 39.5. The molecule has 0 aromatic heterocycles. The molecule has 0 aromatic carbocycles. The Bertz CT molecular complexity index is 408. The highest BCUT2D eigenvalue weighted by atomic mass is 19.4. The number of hydrogen-bond acceptors (Lipinski definition) is 2. The maximum absolute atomic E-state index is 13.2. The summed E-state index contributed by atoms with van der Waals surface area (Å²) in [5.41, 5.74) is 0. The van der Waals surface area contributed by atoms with Crippen LogP contribution in [0.3, 0.4) is 0 Å². The van der Waals surface area contributed by atoms with Gasteiger partial charge in [-0.15, -0.1) is 0 Å². The number of likely N-dealkylation sites (tertiary alicyclic amines) is 1. The molecule has 21 heavy (non-hydrogen) atoms. The summed E-state index contributed by atoms with van der Waals surface area (Å²) in [6, 6.07) is -0.179. The van der Waals surface area contributed by atoms with Gasteiger partial charge in [-0.1, -0.05) is 13.8 Å². The monoisotopic (exact) mass is 308 g/mol. The van der Waals surface area contributed by atoms with Gasteiger partial charge in [0, 0.05) is 32.1 Å². The summed E-state index contributed by atoms with van der Waals surface area (Å²) in [6.45, 7) is 6.18. The molecule has 0 radical (unpaired) electrons. The molecule has 0 bridgehead atoms. The predicted molar refractivity (Wildman–Crippen MR) is 72.4 cm³/mol. The quantitative estimate of drug-likeness (QED) is 0.801. The Labute approximate surface area is 123 Å². The topological polar surface area (TPSA) is 40.6 Å². The van der Waals surface area contributed by atoms with Crippen molar-refractivity contribution >= 4 is 11.8 Å². The number of carbonyl (C=O) groups excluding carboxylic acids is 2. The molecular weight excluding hydrogens is 285 g/mol. The molecule has 1 aliphatic rings. The molecule has 1 saturated heterocycles. The first-order valence-electron chi connectivity index (χ1n) is 7.09. The average molecular weight is 308 g/mol. The van der Waals surface area contributed by atoms with Gasteiger partial charge in [-0.05, 0) is 13.8 Å². The standard InChI is InChI=1S/C14H23F3N2O2/c1-8(2)12(20)19-6-10(11(7-19)14(15,16)17)13(21)18(5)9(3)4/h8-11H,6-7H2,1-5H3. The molecule has 1 rings (SSSR count). The summed E-state index contributed by atoms with van der Waals surface area (Å²) in [5, 5.41) is 0. The fourth-order valence-corrected chi connectivity index (χ4v) is 2.45. The fraction of sp³-hybridized carbons (Fsp3) is 0.857. The fourth-order valence-electron chi connectivity index (χ4n) is 2.45. The van der Waals surface area contributed by atoms with Crippen molar-refractivity contribution in [2.24, 2.45) is 17.8 Å². The van der Waals surface area contributed by atoms with Crippen LogP contribution >= 0.6 is 0 Å². The third-order valence-electron chi connectivity index (χ3n) is 3.99. The van der Waals surface area contributed by atoms with E-state index in [1.165, 1.54) is 16.8 Å². The lowest BCUT2D eigenvalue weighted by Crippen LogP contribution is -2.43. The zero-order valence-electron chi connectivity index (χ0n) is 13.1. The van der Waals surface area contributed by atoms with Crippen molar-refractivity contribution < 1.29 is 22.8 Å². The second kappa shape index (κ2) is 6.23. The minimum absolute atomic E-state index is 0.156. The first kappa shape index (κ1) is 17.8. The van der Waals surface area contributed by atoms with E-state index in [9.17, 15) is 22.8 Å². The Morgan fingerprint density at radius 2 is 1.67 bits per heavy atom. The molecule has 1 aliphatic heterocycles. The smallest absolute Gasteiger partial charge is 0.343 e. The molecule has 2 unspecified atom stereocenters. The molecule has 122 valence electrons. The third-order valence-corrected chi connectivity index (χ3v) is 3.99.